The van der Waals surface area contributed by atoms with Crippen LogP contribution in [0.25, 0.3) is 16.2 Å². The molecule has 0 atom stereocenters. The molecule has 9 heteroatoms. The van der Waals surface area contributed by atoms with E-state index in [0.29, 0.717) is 29.0 Å². The largest absolute Gasteiger partial charge is 0.443 e. The van der Waals surface area contributed by atoms with Crippen LogP contribution in [0.3, 0.4) is 0 Å². The number of nitrogens with zero attached hydrogens (tertiary/aromatic N) is 4. The van der Waals surface area contributed by atoms with Crippen LogP contribution in [0.15, 0.2) is 24.4 Å². The number of aromatic nitrogens is 3. The fraction of sp³-hybridized carbons (Fsp3) is 0.400. The highest BCUT2D eigenvalue weighted by Crippen LogP contribution is 2.36. The van der Waals surface area contributed by atoms with Gasteiger partial charge in [0.15, 0.2) is 11.9 Å². The molecule has 3 heterocycles. The molecule has 1 aliphatic carbocycles. The van der Waals surface area contributed by atoms with E-state index in [1.54, 1.807) is 11.0 Å². The molecule has 0 unspecified atom stereocenters. The summed E-state index contributed by atoms with van der Waals surface area (Å²) in [6, 6.07) is 5.49. The van der Waals surface area contributed by atoms with Gasteiger partial charge in [-0.15, -0.1) is 11.3 Å². The summed E-state index contributed by atoms with van der Waals surface area (Å²) in [5.41, 5.74) is 0.684. The van der Waals surface area contributed by atoms with Gasteiger partial charge in [0, 0.05) is 17.0 Å². The van der Waals surface area contributed by atoms with Crippen molar-refractivity contribution in [1.82, 2.24) is 14.6 Å². The maximum Gasteiger partial charge on any atom is 0.416 e. The van der Waals surface area contributed by atoms with Crippen molar-refractivity contribution < 1.29 is 19.4 Å². The Morgan fingerprint density at radius 3 is 2.76 bits per heavy atom. The molecule has 152 valence electrons. The third kappa shape index (κ3) is 3.88. The Bertz CT molecular complexity index is 1080. The number of rotatable bonds is 5. The van der Waals surface area contributed by atoms with Crippen molar-refractivity contribution >= 4 is 35.2 Å². The topological polar surface area (TPSA) is 97.0 Å². The molecule has 0 spiro atoms. The van der Waals surface area contributed by atoms with Crippen molar-refractivity contribution in [3.05, 3.63) is 34.8 Å². The van der Waals surface area contributed by atoms with Gasteiger partial charge in [-0.3, -0.25) is 9.69 Å². The van der Waals surface area contributed by atoms with Crippen LogP contribution in [0.4, 0.5) is 10.6 Å². The van der Waals surface area contributed by atoms with Gasteiger partial charge in [-0.25, -0.2) is 9.78 Å². The summed E-state index contributed by atoms with van der Waals surface area (Å²) in [6.07, 6.45) is 3.42. The standard InChI is InChI=1S/C20H22N4O4S/c1-20(2,3)28-19(27)23(13-4-5-13)17-8-15(16-7-6-14(11-26)29-16)22-18-12(10-25)9-21-24(17)18/h6-10,13,26H,4-5,11H2,1-3H3. The molecule has 3 aromatic rings. The van der Waals surface area contributed by atoms with Gasteiger partial charge < -0.3 is 9.84 Å². The Labute approximate surface area is 171 Å². The van der Waals surface area contributed by atoms with Gasteiger partial charge in [0.2, 0.25) is 0 Å². The molecule has 1 fully saturated rings. The first-order valence-corrected chi connectivity index (χ1v) is 10.2. The zero-order valence-corrected chi connectivity index (χ0v) is 17.3. The zero-order chi connectivity index (χ0) is 20.8. The molecule has 29 heavy (non-hydrogen) atoms. The van der Waals surface area contributed by atoms with E-state index in [-0.39, 0.29) is 12.6 Å². The molecule has 3 aromatic heterocycles. The van der Waals surface area contributed by atoms with Crippen LogP contribution in [0.5, 0.6) is 0 Å². The molecular formula is C20H22N4O4S. The Kier molecular flexibility index (Phi) is 4.87. The van der Waals surface area contributed by atoms with E-state index >= 15 is 0 Å². The molecule has 1 amide bonds. The fourth-order valence-electron chi connectivity index (χ4n) is 3.02. The fourth-order valence-corrected chi connectivity index (χ4v) is 3.85. The molecule has 4 rings (SSSR count). The van der Waals surface area contributed by atoms with Crippen molar-refractivity contribution in [2.75, 3.05) is 4.90 Å². The summed E-state index contributed by atoms with van der Waals surface area (Å²) in [7, 11) is 0. The van der Waals surface area contributed by atoms with Crippen LogP contribution in [0.2, 0.25) is 0 Å². The lowest BCUT2D eigenvalue weighted by molar-refractivity contribution is 0.0576. The third-order valence-corrected chi connectivity index (χ3v) is 5.52. The van der Waals surface area contributed by atoms with Crippen LogP contribution in [0, 0.1) is 0 Å². The number of aliphatic hydroxyl groups excluding tert-OH is 1. The lowest BCUT2D eigenvalue weighted by Gasteiger charge is -2.27. The number of aliphatic hydroxyl groups is 1. The van der Waals surface area contributed by atoms with Gasteiger partial charge in [0.1, 0.15) is 11.4 Å². The maximum absolute atomic E-state index is 13.0. The maximum atomic E-state index is 13.0. The van der Waals surface area contributed by atoms with Crippen molar-refractivity contribution in [2.45, 2.75) is 51.9 Å². The molecule has 0 aromatic carbocycles. The van der Waals surface area contributed by atoms with E-state index in [9.17, 15) is 14.7 Å². The van der Waals surface area contributed by atoms with Crippen LogP contribution >= 0.6 is 11.3 Å². The van der Waals surface area contributed by atoms with E-state index in [0.717, 1.165) is 22.6 Å². The summed E-state index contributed by atoms with van der Waals surface area (Å²) >= 11 is 1.41. The summed E-state index contributed by atoms with van der Waals surface area (Å²) < 4.78 is 7.14. The summed E-state index contributed by atoms with van der Waals surface area (Å²) in [5, 5.41) is 13.7. The van der Waals surface area contributed by atoms with Crippen molar-refractivity contribution in [2.24, 2.45) is 0 Å². The number of anilines is 1. The second-order valence-electron chi connectivity index (χ2n) is 7.96. The average molecular weight is 414 g/mol. The lowest BCUT2D eigenvalue weighted by Crippen LogP contribution is -2.39. The minimum atomic E-state index is -0.638. The van der Waals surface area contributed by atoms with Crippen LogP contribution < -0.4 is 4.90 Å². The first kappa shape index (κ1) is 19.5. The number of hydrogen-bond donors (Lipinski definition) is 1. The molecule has 8 nitrogen and oxygen atoms in total. The van der Waals surface area contributed by atoms with Crippen molar-refractivity contribution in [1.29, 1.82) is 0 Å². The van der Waals surface area contributed by atoms with E-state index in [1.807, 2.05) is 32.9 Å². The second-order valence-corrected chi connectivity index (χ2v) is 9.13. The van der Waals surface area contributed by atoms with Crippen LogP contribution in [0.1, 0.15) is 48.8 Å². The number of hydrogen-bond acceptors (Lipinski definition) is 7. The number of amides is 1. The molecule has 1 N–H and O–H groups in total. The summed E-state index contributed by atoms with van der Waals surface area (Å²) in [4.78, 5) is 32.3. The number of fused-ring (bicyclic) bond motifs is 1. The Hall–Kier alpha value is -2.78. The normalized spacial score (nSPS) is 14.2. The second kappa shape index (κ2) is 7.23. The molecule has 0 aliphatic heterocycles. The summed E-state index contributed by atoms with van der Waals surface area (Å²) in [6.45, 7) is 5.41. The lowest BCUT2D eigenvalue weighted by atomic mass is 10.2. The van der Waals surface area contributed by atoms with Gasteiger partial charge >= 0.3 is 6.09 Å². The highest BCUT2D eigenvalue weighted by Gasteiger charge is 2.38. The van der Waals surface area contributed by atoms with Crippen molar-refractivity contribution in [3.63, 3.8) is 0 Å². The van der Waals surface area contributed by atoms with Gasteiger partial charge in [0.25, 0.3) is 0 Å². The predicted molar refractivity (Wildman–Crippen MR) is 109 cm³/mol. The van der Waals surface area contributed by atoms with Gasteiger partial charge in [-0.2, -0.15) is 9.61 Å². The van der Waals surface area contributed by atoms with Gasteiger partial charge in [-0.05, 0) is 45.7 Å². The monoisotopic (exact) mass is 414 g/mol. The van der Waals surface area contributed by atoms with Crippen molar-refractivity contribution in [3.8, 4) is 10.6 Å². The highest BCUT2D eigenvalue weighted by molar-refractivity contribution is 7.15. The predicted octanol–water partition coefficient (Wildman–Crippen LogP) is 3.67. The Morgan fingerprint density at radius 2 is 2.17 bits per heavy atom. The van der Waals surface area contributed by atoms with E-state index in [4.69, 9.17) is 4.74 Å². The third-order valence-electron chi connectivity index (χ3n) is 4.43. The van der Waals surface area contributed by atoms with Gasteiger partial charge in [-0.1, -0.05) is 0 Å². The Balaban J connectivity index is 1.88. The Morgan fingerprint density at radius 1 is 1.41 bits per heavy atom. The molecule has 0 bridgehead atoms. The smallest absolute Gasteiger partial charge is 0.416 e. The first-order valence-electron chi connectivity index (χ1n) is 9.37. The van der Waals surface area contributed by atoms with Gasteiger partial charge in [0.05, 0.1) is 28.9 Å². The number of ether oxygens (including phenoxy) is 1. The first-order chi connectivity index (χ1) is 13.8. The minimum Gasteiger partial charge on any atom is -0.443 e. The SMILES string of the molecule is CC(C)(C)OC(=O)N(c1cc(-c2ccc(CO)s2)nc2c(C=O)cnn12)C1CC1. The quantitative estimate of drug-likeness (QED) is 0.640. The van der Waals surface area contributed by atoms with Crippen LogP contribution in [-0.2, 0) is 11.3 Å². The van der Waals surface area contributed by atoms with Crippen LogP contribution in [-0.4, -0.2) is 43.7 Å². The van der Waals surface area contributed by atoms with E-state index in [2.05, 4.69) is 10.1 Å². The zero-order valence-electron chi connectivity index (χ0n) is 16.5. The summed E-state index contributed by atoms with van der Waals surface area (Å²) in [5.74, 6) is 0.508. The highest BCUT2D eigenvalue weighted by atomic mass is 32.1. The molecule has 0 saturated heterocycles. The number of aldehydes is 1. The minimum absolute atomic E-state index is 0.0171. The molecule has 1 saturated carbocycles. The number of carbonyl (C=O) groups is 2. The molecule has 0 radical (unpaired) electrons. The van der Waals surface area contributed by atoms with E-state index < -0.39 is 11.7 Å². The molecular weight excluding hydrogens is 392 g/mol. The van der Waals surface area contributed by atoms with E-state index in [1.165, 1.54) is 22.0 Å². The number of thiophene rings is 1. The average Bonchev–Trinajstić information content (AvgIpc) is 3.21. The molecule has 1 aliphatic rings. The number of carbonyl (C=O) groups excluding carboxylic acids is 2.